The summed E-state index contributed by atoms with van der Waals surface area (Å²) in [6.07, 6.45) is 0. The topological polar surface area (TPSA) is 35.5 Å². The molecule has 0 saturated carbocycles. The van der Waals surface area contributed by atoms with Crippen LogP contribution in [0.3, 0.4) is 0 Å². The van der Waals surface area contributed by atoms with Crippen molar-refractivity contribution in [3.63, 3.8) is 0 Å². The van der Waals surface area contributed by atoms with Gasteiger partial charge in [-0.3, -0.25) is 0 Å². The van der Waals surface area contributed by atoms with Crippen LogP contribution in [0.4, 0.5) is 0 Å². The fourth-order valence-electron chi connectivity index (χ4n) is 1.58. The molecule has 0 heterocycles. The number of nitrogens with one attached hydrogen (secondary N) is 1. The lowest BCUT2D eigenvalue weighted by molar-refractivity contribution is 0.368. The first kappa shape index (κ1) is 16.3. The van der Waals surface area contributed by atoms with Gasteiger partial charge >= 0.3 is 0 Å². The van der Waals surface area contributed by atoms with E-state index in [1.165, 1.54) is 11.8 Å². The van der Waals surface area contributed by atoms with Gasteiger partial charge in [0.25, 0.3) is 0 Å². The predicted octanol–water partition coefficient (Wildman–Crippen LogP) is 3.07. The van der Waals surface area contributed by atoms with Crippen molar-refractivity contribution in [3.8, 4) is 5.75 Å². The van der Waals surface area contributed by atoms with Gasteiger partial charge in [0.05, 0.1) is 0 Å². The Hall–Kier alpha value is -0.780. The van der Waals surface area contributed by atoms with Gasteiger partial charge in [0.1, 0.15) is 10.1 Å². The summed E-state index contributed by atoms with van der Waals surface area (Å²) in [5, 5.41) is 12.1. The molecule has 1 aromatic carbocycles. The van der Waals surface area contributed by atoms with Crippen molar-refractivity contribution in [2.45, 2.75) is 31.9 Å². The first-order valence-corrected chi connectivity index (χ1v) is 7.44. The van der Waals surface area contributed by atoms with Crippen molar-refractivity contribution >= 4 is 28.3 Å². The molecular weight excluding hydrogens is 276 g/mol. The summed E-state index contributed by atoms with van der Waals surface area (Å²) in [4.78, 5) is 0. The maximum absolute atomic E-state index is 10.3. The fourth-order valence-corrected chi connectivity index (χ4v) is 2.69. The van der Waals surface area contributed by atoms with Crippen molar-refractivity contribution < 1.29 is 5.11 Å². The van der Waals surface area contributed by atoms with E-state index in [0.29, 0.717) is 15.8 Å². The average molecular weight is 297 g/mol. The second kappa shape index (κ2) is 6.59. The molecule has 0 aromatic heterocycles. The van der Waals surface area contributed by atoms with Gasteiger partial charge in [-0.25, -0.2) is 5.01 Å². The second-order valence-electron chi connectivity index (χ2n) is 5.58. The zero-order valence-corrected chi connectivity index (χ0v) is 13.7. The van der Waals surface area contributed by atoms with Crippen molar-refractivity contribution in [1.82, 2.24) is 10.4 Å². The number of rotatable bonds is 3. The van der Waals surface area contributed by atoms with Crippen LogP contribution < -0.4 is 5.43 Å². The minimum Gasteiger partial charge on any atom is -0.507 e. The number of phenols is 1. The van der Waals surface area contributed by atoms with Gasteiger partial charge in [0, 0.05) is 31.0 Å². The first-order chi connectivity index (χ1) is 8.71. The highest BCUT2D eigenvalue weighted by atomic mass is 32.2. The minimum absolute atomic E-state index is 0.0936. The Morgan fingerprint density at radius 3 is 2.58 bits per heavy atom. The molecule has 5 heteroatoms. The standard InChI is InChI=1S/C14H21N2OS2/c1-14(2,3)11-8-6-7-10(12(11)17)9-19-13(18)15-16(4)5/h7-8,17H,9H2,1-5H3,(H,15,18). The molecule has 0 aliphatic rings. The summed E-state index contributed by atoms with van der Waals surface area (Å²) in [7, 11) is 3.77. The van der Waals surface area contributed by atoms with Gasteiger partial charge in [-0.1, -0.05) is 44.8 Å². The monoisotopic (exact) mass is 297 g/mol. The third kappa shape index (κ3) is 5.01. The molecule has 2 N–H and O–H groups in total. The van der Waals surface area contributed by atoms with E-state index in [1.54, 1.807) is 5.01 Å². The maximum Gasteiger partial charge on any atom is 0.148 e. The van der Waals surface area contributed by atoms with E-state index in [2.05, 4.69) is 32.3 Å². The Kier molecular flexibility index (Phi) is 5.64. The highest BCUT2D eigenvalue weighted by Crippen LogP contribution is 2.34. The lowest BCUT2D eigenvalue weighted by Gasteiger charge is -2.21. The van der Waals surface area contributed by atoms with Crippen molar-refractivity contribution in [1.29, 1.82) is 0 Å². The maximum atomic E-state index is 10.3. The van der Waals surface area contributed by atoms with Crippen LogP contribution in [0.15, 0.2) is 12.1 Å². The molecular formula is C14H21N2OS2. The zero-order valence-electron chi connectivity index (χ0n) is 12.1. The van der Waals surface area contributed by atoms with Crippen molar-refractivity contribution in [2.75, 3.05) is 14.1 Å². The number of aromatic hydroxyl groups is 1. The Morgan fingerprint density at radius 1 is 1.42 bits per heavy atom. The normalized spacial score (nSPS) is 11.7. The van der Waals surface area contributed by atoms with Gasteiger partial charge in [0.2, 0.25) is 0 Å². The molecule has 19 heavy (non-hydrogen) atoms. The third-order valence-electron chi connectivity index (χ3n) is 2.53. The highest BCUT2D eigenvalue weighted by Gasteiger charge is 2.19. The number of hydrazine groups is 1. The predicted molar refractivity (Wildman–Crippen MR) is 86.4 cm³/mol. The van der Waals surface area contributed by atoms with Crippen LogP contribution in [0.1, 0.15) is 31.9 Å². The van der Waals surface area contributed by atoms with Gasteiger partial charge in [-0.15, -0.1) is 0 Å². The molecule has 1 radical (unpaired) electrons. The van der Waals surface area contributed by atoms with Crippen molar-refractivity contribution in [3.05, 3.63) is 29.3 Å². The molecule has 1 rings (SSSR count). The van der Waals surface area contributed by atoms with Gasteiger partial charge in [0.15, 0.2) is 0 Å². The molecule has 0 amide bonds. The van der Waals surface area contributed by atoms with Crippen molar-refractivity contribution in [2.24, 2.45) is 0 Å². The Bertz CT molecular complexity index is 453. The van der Waals surface area contributed by atoms with Gasteiger partial charge in [-0.2, -0.15) is 0 Å². The number of phenolic OH excluding ortho intramolecular Hbond substituents is 1. The van der Waals surface area contributed by atoms with Crippen LogP contribution in [-0.2, 0) is 11.2 Å². The SMILES string of the molecule is CN(C)NC(=S)SCc1c[c]cc(C(C)(C)C)c1O. The van der Waals surface area contributed by atoms with Crippen LogP contribution in [-0.4, -0.2) is 28.5 Å². The fraction of sp³-hybridized carbons (Fsp3) is 0.500. The molecule has 105 valence electrons. The summed E-state index contributed by atoms with van der Waals surface area (Å²) in [6.45, 7) is 6.22. The summed E-state index contributed by atoms with van der Waals surface area (Å²) in [5.74, 6) is 0.984. The number of hydrogen-bond donors (Lipinski definition) is 2. The van der Waals surface area contributed by atoms with Gasteiger partial charge < -0.3 is 10.5 Å². The van der Waals surface area contributed by atoms with E-state index in [1.807, 2.05) is 26.2 Å². The van der Waals surface area contributed by atoms with Crippen LogP contribution in [0.25, 0.3) is 0 Å². The molecule has 1 aromatic rings. The van der Waals surface area contributed by atoms with E-state index < -0.39 is 0 Å². The Labute approximate surface area is 125 Å². The molecule has 0 aliphatic heterocycles. The van der Waals surface area contributed by atoms with Crippen LogP contribution in [0, 0.1) is 6.07 Å². The molecule has 0 bridgehead atoms. The minimum atomic E-state index is -0.0936. The zero-order chi connectivity index (χ0) is 14.6. The number of nitrogens with zero attached hydrogens (tertiary/aromatic N) is 1. The molecule has 0 aliphatic carbocycles. The molecule has 0 fully saturated rings. The summed E-state index contributed by atoms with van der Waals surface area (Å²) in [6, 6.07) is 6.76. The second-order valence-corrected chi connectivity index (χ2v) is 7.23. The number of benzene rings is 1. The average Bonchev–Trinajstić information content (AvgIpc) is 2.25. The molecule has 3 nitrogen and oxygen atoms in total. The largest absolute Gasteiger partial charge is 0.507 e. The summed E-state index contributed by atoms with van der Waals surface area (Å²) >= 11 is 6.69. The molecule has 0 saturated heterocycles. The highest BCUT2D eigenvalue weighted by molar-refractivity contribution is 8.22. The number of thioether (sulfide) groups is 1. The quantitative estimate of drug-likeness (QED) is 0.662. The Morgan fingerprint density at radius 2 is 2.05 bits per heavy atom. The summed E-state index contributed by atoms with van der Waals surface area (Å²) < 4.78 is 0.686. The van der Waals surface area contributed by atoms with E-state index >= 15 is 0 Å². The summed E-state index contributed by atoms with van der Waals surface area (Å²) in [5.41, 5.74) is 4.69. The smallest absolute Gasteiger partial charge is 0.148 e. The molecule has 0 unspecified atom stereocenters. The van der Waals surface area contributed by atoms with E-state index in [-0.39, 0.29) is 5.41 Å². The number of hydrogen-bond acceptors (Lipinski definition) is 4. The lowest BCUT2D eigenvalue weighted by atomic mass is 9.85. The lowest BCUT2D eigenvalue weighted by Crippen LogP contribution is -2.33. The van der Waals surface area contributed by atoms with E-state index in [4.69, 9.17) is 12.2 Å². The molecule has 0 spiro atoms. The van der Waals surface area contributed by atoms with Crippen LogP contribution in [0.2, 0.25) is 0 Å². The van der Waals surface area contributed by atoms with E-state index in [0.717, 1.165) is 11.1 Å². The molecule has 0 atom stereocenters. The van der Waals surface area contributed by atoms with E-state index in [9.17, 15) is 5.11 Å². The van der Waals surface area contributed by atoms with Gasteiger partial charge in [-0.05, 0) is 23.6 Å². The first-order valence-electron chi connectivity index (χ1n) is 6.05. The number of thiocarbonyl (C=S) groups is 1. The van der Waals surface area contributed by atoms with Crippen LogP contribution >= 0.6 is 24.0 Å². The third-order valence-corrected chi connectivity index (χ3v) is 3.78. The Balaban J connectivity index is 2.78. The van der Waals surface area contributed by atoms with Crippen LogP contribution in [0.5, 0.6) is 5.75 Å².